The lowest BCUT2D eigenvalue weighted by molar-refractivity contribution is 0.426. The quantitative estimate of drug-likeness (QED) is 0.729. The molecule has 0 aliphatic carbocycles. The van der Waals surface area contributed by atoms with E-state index >= 15 is 0 Å². The first-order chi connectivity index (χ1) is 8.75. The van der Waals surface area contributed by atoms with Gasteiger partial charge < -0.3 is 10.0 Å². The zero-order valence-electron chi connectivity index (χ0n) is 9.24. The molecule has 0 bridgehead atoms. The van der Waals surface area contributed by atoms with Crippen molar-refractivity contribution in [1.29, 1.82) is 0 Å². The van der Waals surface area contributed by atoms with Crippen LogP contribution in [0.1, 0.15) is 0 Å². The van der Waals surface area contributed by atoms with E-state index in [-0.39, 0.29) is 0 Å². The Morgan fingerprint density at radius 2 is 1.56 bits per heavy atom. The summed E-state index contributed by atoms with van der Waals surface area (Å²) in [5.41, 5.74) is 0.589. The summed E-state index contributed by atoms with van der Waals surface area (Å²) in [7, 11) is -1.42. The van der Waals surface area contributed by atoms with Gasteiger partial charge in [-0.25, -0.2) is 0 Å². The van der Waals surface area contributed by atoms with Crippen molar-refractivity contribution in [2.45, 2.75) is 0 Å². The fraction of sp³-hybridized carbons (Fsp3) is 0. The molecule has 3 heterocycles. The molecule has 2 N–H and O–H groups in total. The molecule has 3 rings (SSSR count). The van der Waals surface area contributed by atoms with Crippen LogP contribution in [0.5, 0.6) is 0 Å². The fourth-order valence-electron chi connectivity index (χ4n) is 1.74. The highest BCUT2D eigenvalue weighted by Gasteiger charge is 2.22. The van der Waals surface area contributed by atoms with Gasteiger partial charge in [0.15, 0.2) is 0 Å². The van der Waals surface area contributed by atoms with Gasteiger partial charge >= 0.3 is 7.12 Å². The number of rotatable bonds is 3. The number of hydrogen-bond acceptors (Lipinski definition) is 5. The molecule has 2 nitrogen and oxygen atoms in total. The summed E-state index contributed by atoms with van der Waals surface area (Å²) in [5.74, 6) is 0. The minimum atomic E-state index is -1.42. The van der Waals surface area contributed by atoms with E-state index in [1.54, 1.807) is 34.0 Å². The Labute approximate surface area is 117 Å². The van der Waals surface area contributed by atoms with Gasteiger partial charge in [0.1, 0.15) is 0 Å². The molecule has 0 aromatic carbocycles. The van der Waals surface area contributed by atoms with Crippen LogP contribution in [0.2, 0.25) is 0 Å². The van der Waals surface area contributed by atoms with E-state index in [2.05, 4.69) is 0 Å². The van der Waals surface area contributed by atoms with E-state index in [0.717, 1.165) is 19.5 Å². The van der Waals surface area contributed by atoms with Gasteiger partial charge in [0.05, 0.1) is 0 Å². The summed E-state index contributed by atoms with van der Waals surface area (Å²) >= 11 is 4.87. The van der Waals surface area contributed by atoms with Crippen molar-refractivity contribution < 1.29 is 10.0 Å². The third-order valence-corrected chi connectivity index (χ3v) is 5.81. The third-order valence-electron chi connectivity index (χ3n) is 2.55. The van der Waals surface area contributed by atoms with Crippen LogP contribution in [0.25, 0.3) is 19.5 Å². The summed E-state index contributed by atoms with van der Waals surface area (Å²) in [5, 5.41) is 23.0. The van der Waals surface area contributed by atoms with Crippen molar-refractivity contribution in [1.82, 2.24) is 0 Å². The first kappa shape index (κ1) is 12.1. The van der Waals surface area contributed by atoms with Crippen LogP contribution in [0.3, 0.4) is 0 Å². The van der Waals surface area contributed by atoms with Crippen molar-refractivity contribution in [3.05, 3.63) is 41.1 Å². The Morgan fingerprint density at radius 1 is 0.889 bits per heavy atom. The average molecular weight is 292 g/mol. The monoisotopic (exact) mass is 292 g/mol. The summed E-state index contributed by atoms with van der Waals surface area (Å²) in [6.45, 7) is 0. The zero-order valence-corrected chi connectivity index (χ0v) is 11.7. The standard InChI is InChI=1S/C12H9BO2S3/c14-13(15)8-7-11(9-3-1-5-16-9)18-12(8)10-4-2-6-17-10/h1-7,14-15H. The Hall–Kier alpha value is -0.915. The second kappa shape index (κ2) is 4.99. The average Bonchev–Trinajstić information content (AvgIpc) is 3.10. The van der Waals surface area contributed by atoms with Gasteiger partial charge in [0, 0.05) is 25.0 Å². The fourth-order valence-corrected chi connectivity index (χ4v) is 4.62. The molecular formula is C12H9BO2S3. The van der Waals surface area contributed by atoms with Crippen molar-refractivity contribution in [2.75, 3.05) is 0 Å². The second-order valence-corrected chi connectivity index (χ2v) is 6.67. The molecule has 3 aromatic rings. The van der Waals surface area contributed by atoms with Crippen LogP contribution in [-0.2, 0) is 0 Å². The van der Waals surface area contributed by atoms with Gasteiger partial charge in [-0.2, -0.15) is 0 Å². The van der Waals surface area contributed by atoms with Crippen LogP contribution < -0.4 is 5.46 Å². The zero-order chi connectivity index (χ0) is 12.5. The van der Waals surface area contributed by atoms with E-state index in [9.17, 15) is 10.0 Å². The molecule has 90 valence electrons. The van der Waals surface area contributed by atoms with Crippen molar-refractivity contribution in [2.24, 2.45) is 0 Å². The third kappa shape index (κ3) is 2.18. The Balaban J connectivity index is 2.13. The molecule has 0 amide bonds. The maximum absolute atomic E-state index is 9.48. The molecule has 6 heteroatoms. The molecule has 0 aliphatic rings. The van der Waals surface area contributed by atoms with Gasteiger partial charge in [0.25, 0.3) is 0 Å². The summed E-state index contributed by atoms with van der Waals surface area (Å²) in [6, 6.07) is 9.89. The Bertz CT molecular complexity index is 626. The molecule has 3 aromatic heterocycles. The summed E-state index contributed by atoms with van der Waals surface area (Å²) < 4.78 is 0. The Kier molecular flexibility index (Phi) is 3.36. The van der Waals surface area contributed by atoms with Crippen LogP contribution in [0.15, 0.2) is 41.1 Å². The molecule has 18 heavy (non-hydrogen) atoms. The molecular weight excluding hydrogens is 283 g/mol. The Morgan fingerprint density at radius 3 is 2.11 bits per heavy atom. The minimum Gasteiger partial charge on any atom is -0.423 e. The van der Waals surface area contributed by atoms with Gasteiger partial charge in [-0.15, -0.1) is 34.0 Å². The molecule has 0 fully saturated rings. The van der Waals surface area contributed by atoms with Crippen molar-refractivity contribution >= 4 is 46.6 Å². The predicted molar refractivity (Wildman–Crippen MR) is 80.8 cm³/mol. The van der Waals surface area contributed by atoms with E-state index in [0.29, 0.717) is 5.46 Å². The topological polar surface area (TPSA) is 40.5 Å². The molecule has 0 aliphatic heterocycles. The highest BCUT2D eigenvalue weighted by atomic mass is 32.1. The van der Waals surface area contributed by atoms with E-state index in [1.807, 2.05) is 41.1 Å². The highest BCUT2D eigenvalue weighted by Crippen LogP contribution is 2.36. The molecule has 0 saturated heterocycles. The maximum Gasteiger partial charge on any atom is 0.489 e. The van der Waals surface area contributed by atoms with E-state index < -0.39 is 7.12 Å². The van der Waals surface area contributed by atoms with E-state index in [1.165, 1.54) is 0 Å². The second-order valence-electron chi connectivity index (χ2n) is 3.72. The molecule has 0 atom stereocenters. The van der Waals surface area contributed by atoms with E-state index in [4.69, 9.17) is 0 Å². The maximum atomic E-state index is 9.48. The molecule has 0 spiro atoms. The van der Waals surface area contributed by atoms with Crippen LogP contribution in [0, 0.1) is 0 Å². The van der Waals surface area contributed by atoms with Gasteiger partial charge in [-0.05, 0) is 29.0 Å². The van der Waals surface area contributed by atoms with Gasteiger partial charge in [-0.1, -0.05) is 12.1 Å². The first-order valence-electron chi connectivity index (χ1n) is 5.33. The van der Waals surface area contributed by atoms with Crippen LogP contribution in [-0.4, -0.2) is 17.2 Å². The number of thiophene rings is 3. The summed E-state index contributed by atoms with van der Waals surface area (Å²) in [6.07, 6.45) is 0. The number of hydrogen-bond donors (Lipinski definition) is 2. The highest BCUT2D eigenvalue weighted by molar-refractivity contribution is 7.26. The first-order valence-corrected chi connectivity index (χ1v) is 7.91. The normalized spacial score (nSPS) is 10.8. The largest absolute Gasteiger partial charge is 0.489 e. The van der Waals surface area contributed by atoms with Crippen LogP contribution >= 0.6 is 34.0 Å². The van der Waals surface area contributed by atoms with Crippen LogP contribution in [0.4, 0.5) is 0 Å². The molecule has 0 saturated carbocycles. The minimum absolute atomic E-state index is 0.589. The SMILES string of the molecule is OB(O)c1cc(-c2cccs2)sc1-c1cccs1. The predicted octanol–water partition coefficient (Wildman–Crippen LogP) is 2.88. The lowest BCUT2D eigenvalue weighted by Gasteiger charge is -1.98. The van der Waals surface area contributed by atoms with Gasteiger partial charge in [0.2, 0.25) is 0 Å². The molecule has 0 radical (unpaired) electrons. The molecule has 0 unspecified atom stereocenters. The smallest absolute Gasteiger partial charge is 0.423 e. The van der Waals surface area contributed by atoms with Crippen molar-refractivity contribution in [3.8, 4) is 19.5 Å². The van der Waals surface area contributed by atoms with Gasteiger partial charge in [-0.3, -0.25) is 0 Å². The lowest BCUT2D eigenvalue weighted by atomic mass is 9.80. The van der Waals surface area contributed by atoms with Crippen molar-refractivity contribution in [3.63, 3.8) is 0 Å². The lowest BCUT2D eigenvalue weighted by Crippen LogP contribution is -2.29. The summed E-state index contributed by atoms with van der Waals surface area (Å²) in [4.78, 5) is 4.26.